The molecular formula is C13H17N3S. The fourth-order valence-electron chi connectivity index (χ4n) is 2.54. The predicted molar refractivity (Wildman–Crippen MR) is 73.5 cm³/mol. The van der Waals surface area contributed by atoms with Crippen molar-refractivity contribution in [1.82, 2.24) is 4.98 Å². The largest absolute Gasteiger partial charge is 0.382 e. The van der Waals surface area contributed by atoms with Crippen molar-refractivity contribution >= 4 is 27.2 Å². The van der Waals surface area contributed by atoms with E-state index < -0.39 is 0 Å². The summed E-state index contributed by atoms with van der Waals surface area (Å²) in [4.78, 5) is 4.29. The van der Waals surface area contributed by atoms with Crippen molar-refractivity contribution in [3.05, 3.63) is 23.7 Å². The maximum absolute atomic E-state index is 6.00. The fraction of sp³-hybridized carbons (Fsp3) is 0.462. The molecule has 1 aliphatic rings. The van der Waals surface area contributed by atoms with E-state index in [1.54, 1.807) is 11.3 Å². The first kappa shape index (κ1) is 11.0. The Bertz CT molecular complexity index is 508. The number of benzene rings is 1. The Kier molecular flexibility index (Phi) is 2.99. The molecule has 0 saturated heterocycles. The molecule has 1 heterocycles. The minimum Gasteiger partial charge on any atom is -0.382 e. The Balaban J connectivity index is 1.75. The monoisotopic (exact) mass is 247 g/mol. The minimum absolute atomic E-state index is 0.369. The summed E-state index contributed by atoms with van der Waals surface area (Å²) in [6.07, 6.45) is 4.73. The average molecular weight is 247 g/mol. The fourth-order valence-corrected chi connectivity index (χ4v) is 3.26. The summed E-state index contributed by atoms with van der Waals surface area (Å²) in [5.74, 6) is 0. The molecule has 1 fully saturated rings. The van der Waals surface area contributed by atoms with Crippen molar-refractivity contribution in [2.24, 2.45) is 5.73 Å². The van der Waals surface area contributed by atoms with Crippen LogP contribution in [0.2, 0.25) is 0 Å². The van der Waals surface area contributed by atoms with E-state index >= 15 is 0 Å². The van der Waals surface area contributed by atoms with Crippen LogP contribution in [0.25, 0.3) is 10.2 Å². The second-order valence-corrected chi connectivity index (χ2v) is 5.69. The molecule has 1 saturated carbocycles. The number of aromatic nitrogens is 1. The van der Waals surface area contributed by atoms with Crippen molar-refractivity contribution in [3.8, 4) is 0 Å². The van der Waals surface area contributed by atoms with Crippen molar-refractivity contribution in [3.63, 3.8) is 0 Å². The van der Waals surface area contributed by atoms with Crippen LogP contribution in [0.5, 0.6) is 0 Å². The summed E-state index contributed by atoms with van der Waals surface area (Å²) in [5, 5.41) is 3.59. The molecule has 3 nitrogen and oxygen atoms in total. The molecule has 0 aliphatic heterocycles. The first-order valence-corrected chi connectivity index (χ1v) is 7.04. The molecule has 17 heavy (non-hydrogen) atoms. The van der Waals surface area contributed by atoms with Crippen LogP contribution in [0, 0.1) is 0 Å². The summed E-state index contributed by atoms with van der Waals surface area (Å²) >= 11 is 1.69. The van der Waals surface area contributed by atoms with Gasteiger partial charge in [-0.05, 0) is 43.9 Å². The first-order chi connectivity index (χ1) is 8.31. The molecule has 2 unspecified atom stereocenters. The Labute approximate surface area is 105 Å². The van der Waals surface area contributed by atoms with Gasteiger partial charge < -0.3 is 11.1 Å². The molecule has 3 N–H and O–H groups in total. The van der Waals surface area contributed by atoms with Crippen molar-refractivity contribution in [2.75, 3.05) is 5.32 Å². The number of nitrogens with zero attached hydrogens (tertiary/aromatic N) is 1. The maximum atomic E-state index is 6.00. The van der Waals surface area contributed by atoms with Gasteiger partial charge in [0.1, 0.15) is 0 Å². The highest BCUT2D eigenvalue weighted by molar-refractivity contribution is 7.16. The highest BCUT2D eigenvalue weighted by Crippen LogP contribution is 2.25. The Hall–Kier alpha value is -1.13. The topological polar surface area (TPSA) is 50.9 Å². The van der Waals surface area contributed by atoms with Crippen molar-refractivity contribution < 1.29 is 0 Å². The Morgan fingerprint density at radius 3 is 3.18 bits per heavy atom. The molecule has 1 aliphatic carbocycles. The van der Waals surface area contributed by atoms with Crippen LogP contribution in [0.15, 0.2) is 23.7 Å². The van der Waals surface area contributed by atoms with Gasteiger partial charge in [-0.2, -0.15) is 0 Å². The number of thiazole rings is 1. The molecule has 3 rings (SSSR count). The second-order valence-electron chi connectivity index (χ2n) is 4.80. The lowest BCUT2D eigenvalue weighted by Gasteiger charge is -2.28. The van der Waals surface area contributed by atoms with E-state index in [0.29, 0.717) is 12.1 Å². The summed E-state index contributed by atoms with van der Waals surface area (Å²) in [6.45, 7) is 0. The summed E-state index contributed by atoms with van der Waals surface area (Å²) in [7, 11) is 0. The normalized spacial score (nSPS) is 25.0. The van der Waals surface area contributed by atoms with Crippen LogP contribution < -0.4 is 11.1 Å². The van der Waals surface area contributed by atoms with Crippen LogP contribution in [0.3, 0.4) is 0 Å². The molecule has 90 valence electrons. The van der Waals surface area contributed by atoms with Crippen LogP contribution >= 0.6 is 11.3 Å². The zero-order chi connectivity index (χ0) is 11.7. The highest BCUT2D eigenvalue weighted by atomic mass is 32.1. The maximum Gasteiger partial charge on any atom is 0.0813 e. The van der Waals surface area contributed by atoms with Gasteiger partial charge in [0.15, 0.2) is 0 Å². The molecule has 1 aromatic carbocycles. The lowest BCUT2D eigenvalue weighted by atomic mass is 9.91. The van der Waals surface area contributed by atoms with E-state index in [0.717, 1.165) is 11.9 Å². The van der Waals surface area contributed by atoms with Gasteiger partial charge in [0.25, 0.3) is 0 Å². The zero-order valence-corrected chi connectivity index (χ0v) is 10.5. The lowest BCUT2D eigenvalue weighted by molar-refractivity contribution is 0.409. The smallest absolute Gasteiger partial charge is 0.0813 e. The highest BCUT2D eigenvalue weighted by Gasteiger charge is 2.18. The summed E-state index contributed by atoms with van der Waals surface area (Å²) in [5.41, 5.74) is 10.2. The number of nitrogens with two attached hydrogens (primary N) is 1. The van der Waals surface area contributed by atoms with E-state index in [1.165, 1.54) is 29.6 Å². The van der Waals surface area contributed by atoms with Crippen molar-refractivity contribution in [1.29, 1.82) is 0 Å². The van der Waals surface area contributed by atoms with E-state index in [2.05, 4.69) is 28.5 Å². The molecule has 1 aromatic heterocycles. The van der Waals surface area contributed by atoms with Crippen LogP contribution in [-0.4, -0.2) is 17.1 Å². The zero-order valence-electron chi connectivity index (χ0n) is 9.73. The van der Waals surface area contributed by atoms with E-state index in [4.69, 9.17) is 5.73 Å². The van der Waals surface area contributed by atoms with Gasteiger partial charge in [0, 0.05) is 17.8 Å². The van der Waals surface area contributed by atoms with Crippen LogP contribution in [-0.2, 0) is 0 Å². The quantitative estimate of drug-likeness (QED) is 0.857. The van der Waals surface area contributed by atoms with Gasteiger partial charge in [0.05, 0.1) is 15.7 Å². The summed E-state index contributed by atoms with van der Waals surface area (Å²) < 4.78 is 1.25. The molecule has 0 radical (unpaired) electrons. The standard InChI is InChI=1S/C13H17N3S/c14-9-2-1-3-10(6-9)16-11-4-5-12-13(7-11)17-8-15-12/h4-5,7-10,16H,1-3,6,14H2. The van der Waals surface area contributed by atoms with Crippen LogP contribution in [0.4, 0.5) is 5.69 Å². The Morgan fingerprint density at radius 1 is 1.35 bits per heavy atom. The molecule has 2 atom stereocenters. The molecule has 2 aromatic rings. The van der Waals surface area contributed by atoms with E-state index in [-0.39, 0.29) is 0 Å². The van der Waals surface area contributed by atoms with Gasteiger partial charge >= 0.3 is 0 Å². The third-order valence-corrected chi connectivity index (χ3v) is 4.21. The Morgan fingerprint density at radius 2 is 2.29 bits per heavy atom. The SMILES string of the molecule is NC1CCCC(Nc2ccc3ncsc3c2)C1. The average Bonchev–Trinajstić information content (AvgIpc) is 2.76. The minimum atomic E-state index is 0.369. The number of nitrogens with one attached hydrogen (secondary N) is 1. The van der Waals surface area contributed by atoms with E-state index in [9.17, 15) is 0 Å². The number of fused-ring (bicyclic) bond motifs is 1. The summed E-state index contributed by atoms with van der Waals surface area (Å²) in [6, 6.07) is 7.28. The molecule has 0 bridgehead atoms. The van der Waals surface area contributed by atoms with Gasteiger partial charge in [-0.3, -0.25) is 0 Å². The van der Waals surface area contributed by atoms with Crippen LogP contribution in [0.1, 0.15) is 25.7 Å². The molecule has 0 spiro atoms. The first-order valence-electron chi connectivity index (χ1n) is 6.16. The van der Waals surface area contributed by atoms with Gasteiger partial charge in [-0.15, -0.1) is 11.3 Å². The molecule has 0 amide bonds. The van der Waals surface area contributed by atoms with Crippen molar-refractivity contribution in [2.45, 2.75) is 37.8 Å². The molecule has 4 heteroatoms. The molecular weight excluding hydrogens is 230 g/mol. The van der Waals surface area contributed by atoms with E-state index in [1.807, 2.05) is 5.51 Å². The number of hydrogen-bond donors (Lipinski definition) is 2. The third-order valence-electron chi connectivity index (χ3n) is 3.42. The second kappa shape index (κ2) is 4.63. The van der Waals surface area contributed by atoms with Gasteiger partial charge in [0.2, 0.25) is 0 Å². The lowest BCUT2D eigenvalue weighted by Crippen LogP contribution is -2.34. The van der Waals surface area contributed by atoms with Gasteiger partial charge in [-0.25, -0.2) is 4.98 Å². The number of hydrogen-bond acceptors (Lipinski definition) is 4. The number of anilines is 1. The predicted octanol–water partition coefficient (Wildman–Crippen LogP) is 2.98. The third kappa shape index (κ3) is 2.42. The van der Waals surface area contributed by atoms with Gasteiger partial charge in [-0.1, -0.05) is 0 Å². The number of rotatable bonds is 2.